The van der Waals surface area contributed by atoms with Crippen LogP contribution in [0.4, 0.5) is 34.1 Å². The number of anilines is 6. The summed E-state index contributed by atoms with van der Waals surface area (Å²) in [5.74, 6) is -0.319. The highest BCUT2D eigenvalue weighted by Gasteiger charge is 2.34. The van der Waals surface area contributed by atoms with Gasteiger partial charge in [-0.25, -0.2) is 0 Å². The Labute approximate surface area is 312 Å². The number of rotatable bonds is 4. The Kier molecular flexibility index (Phi) is 10.6. The first-order valence-corrected chi connectivity index (χ1v) is 19.3. The molecule has 2 aromatic carbocycles. The SMILES string of the molecule is Cc1scc2c1N(C(=O)CN1CCN(C)CC1)c1ccccc1NC2=O.Cc1scc2c1N(C(=O)CN1CCN(C)CC1)c1ccccc1NC2=O. The van der Waals surface area contributed by atoms with Crippen LogP contribution in [0.25, 0.3) is 0 Å². The highest BCUT2D eigenvalue weighted by molar-refractivity contribution is 7.11. The zero-order valence-electron chi connectivity index (χ0n) is 30.0. The number of aryl methyl sites for hydroxylation is 2. The molecule has 6 heterocycles. The van der Waals surface area contributed by atoms with E-state index in [2.05, 4.69) is 44.3 Å². The van der Waals surface area contributed by atoms with Crippen LogP contribution in [0.15, 0.2) is 59.3 Å². The first kappa shape index (κ1) is 35.9. The van der Waals surface area contributed by atoms with Gasteiger partial charge in [0.25, 0.3) is 11.8 Å². The molecular weight excluding hydrogens is 697 g/mol. The van der Waals surface area contributed by atoms with E-state index in [0.717, 1.165) is 84.9 Å². The maximum Gasteiger partial charge on any atom is 0.258 e. The molecule has 12 nitrogen and oxygen atoms in total. The smallest absolute Gasteiger partial charge is 0.258 e. The number of nitrogens with zero attached hydrogens (tertiary/aromatic N) is 6. The van der Waals surface area contributed by atoms with Gasteiger partial charge in [0.15, 0.2) is 0 Å². The molecule has 0 unspecified atom stereocenters. The van der Waals surface area contributed by atoms with Crippen molar-refractivity contribution in [1.29, 1.82) is 0 Å². The van der Waals surface area contributed by atoms with Gasteiger partial charge in [0.1, 0.15) is 0 Å². The van der Waals surface area contributed by atoms with E-state index in [1.807, 2.05) is 73.1 Å². The first-order valence-electron chi connectivity index (χ1n) is 17.5. The van der Waals surface area contributed by atoms with Crippen LogP contribution in [0.1, 0.15) is 30.5 Å². The molecule has 2 aromatic heterocycles. The van der Waals surface area contributed by atoms with Crippen LogP contribution in [0.5, 0.6) is 0 Å². The minimum atomic E-state index is -0.160. The molecule has 52 heavy (non-hydrogen) atoms. The van der Waals surface area contributed by atoms with E-state index in [1.165, 1.54) is 22.7 Å². The van der Waals surface area contributed by atoms with Gasteiger partial charge in [-0.3, -0.25) is 38.8 Å². The summed E-state index contributed by atoms with van der Waals surface area (Å²) in [5, 5.41) is 9.55. The Morgan fingerprint density at radius 2 is 0.962 bits per heavy atom. The third-order valence-corrected chi connectivity index (χ3v) is 11.8. The number of thiophene rings is 2. The number of benzene rings is 2. The van der Waals surface area contributed by atoms with Gasteiger partial charge in [-0.05, 0) is 52.2 Å². The Balaban J connectivity index is 0.000000162. The zero-order valence-corrected chi connectivity index (χ0v) is 31.6. The molecule has 0 saturated carbocycles. The molecule has 14 heteroatoms. The monoisotopic (exact) mass is 740 g/mol. The lowest BCUT2D eigenvalue weighted by molar-refractivity contribution is -0.120. The fraction of sp³-hybridized carbons (Fsp3) is 0.368. The standard InChI is InChI=1S/2C19H22N4O2S/c2*1-13-18-14(12-26-13)19(25)20-15-5-3-4-6-16(15)23(18)17(24)11-22-9-7-21(2)8-10-22/h2*3-6,12H,7-11H2,1-2H3,(H,20,25). The van der Waals surface area contributed by atoms with Crippen molar-refractivity contribution >= 4 is 80.4 Å². The summed E-state index contributed by atoms with van der Waals surface area (Å²) in [5.41, 5.74) is 5.38. The van der Waals surface area contributed by atoms with Crippen molar-refractivity contribution in [2.24, 2.45) is 0 Å². The van der Waals surface area contributed by atoms with Gasteiger partial charge in [-0.2, -0.15) is 0 Å². The molecule has 4 aliphatic rings. The number of carbonyl (C=O) groups is 4. The predicted octanol–water partition coefficient (Wildman–Crippen LogP) is 5.07. The number of nitrogens with one attached hydrogen (secondary N) is 2. The highest BCUT2D eigenvalue weighted by atomic mass is 32.1. The largest absolute Gasteiger partial charge is 0.320 e. The van der Waals surface area contributed by atoms with Crippen LogP contribution in [0.3, 0.4) is 0 Å². The summed E-state index contributed by atoms with van der Waals surface area (Å²) < 4.78 is 0. The summed E-state index contributed by atoms with van der Waals surface area (Å²) in [6.45, 7) is 12.0. The van der Waals surface area contributed by atoms with Gasteiger partial charge in [-0.15, -0.1) is 22.7 Å². The second-order valence-corrected chi connectivity index (χ2v) is 15.8. The molecule has 0 spiro atoms. The quantitative estimate of drug-likeness (QED) is 0.299. The van der Waals surface area contributed by atoms with E-state index >= 15 is 0 Å². The average molecular weight is 741 g/mol. The number of para-hydroxylation sites is 4. The normalized spacial score (nSPS) is 18.1. The number of carbonyl (C=O) groups excluding carboxylic acids is 4. The van der Waals surface area contributed by atoms with Crippen molar-refractivity contribution in [2.45, 2.75) is 13.8 Å². The van der Waals surface area contributed by atoms with Gasteiger partial charge in [0.05, 0.1) is 58.3 Å². The first-order chi connectivity index (χ1) is 25.1. The molecular formula is C38H44N8O4S2. The predicted molar refractivity (Wildman–Crippen MR) is 209 cm³/mol. The second kappa shape index (κ2) is 15.3. The van der Waals surface area contributed by atoms with Crippen LogP contribution in [0, 0.1) is 13.8 Å². The number of hydrogen-bond acceptors (Lipinski definition) is 10. The lowest BCUT2D eigenvalue weighted by Gasteiger charge is -2.33. The fourth-order valence-corrected chi connectivity index (χ4v) is 8.65. The van der Waals surface area contributed by atoms with Crippen LogP contribution in [0.2, 0.25) is 0 Å². The van der Waals surface area contributed by atoms with Gasteiger partial charge < -0.3 is 20.4 Å². The summed E-state index contributed by atoms with van der Waals surface area (Å²) in [7, 11) is 4.20. The Morgan fingerprint density at radius 3 is 1.35 bits per heavy atom. The summed E-state index contributed by atoms with van der Waals surface area (Å²) in [6, 6.07) is 15.0. The van der Waals surface area contributed by atoms with Crippen molar-refractivity contribution in [3.05, 3.63) is 80.2 Å². The molecule has 8 rings (SSSR count). The van der Waals surface area contributed by atoms with E-state index in [0.29, 0.717) is 35.6 Å². The third-order valence-electron chi connectivity index (χ3n) is 10.0. The van der Waals surface area contributed by atoms with Crippen molar-refractivity contribution < 1.29 is 19.2 Å². The summed E-state index contributed by atoms with van der Waals surface area (Å²) in [6.07, 6.45) is 0. The van der Waals surface area contributed by atoms with Crippen molar-refractivity contribution in [1.82, 2.24) is 19.6 Å². The number of piperazine rings is 2. The number of likely N-dealkylation sites (N-methyl/N-ethyl adjacent to an activating group) is 2. The molecule has 2 saturated heterocycles. The molecule has 272 valence electrons. The lowest BCUT2D eigenvalue weighted by Crippen LogP contribution is -2.48. The van der Waals surface area contributed by atoms with E-state index in [-0.39, 0.29) is 23.6 Å². The Hall–Kier alpha value is -4.44. The van der Waals surface area contributed by atoms with Gasteiger partial charge >= 0.3 is 0 Å². The van der Waals surface area contributed by atoms with Gasteiger partial charge in [-0.1, -0.05) is 24.3 Å². The van der Waals surface area contributed by atoms with E-state index < -0.39 is 0 Å². The number of fused-ring (bicyclic) bond motifs is 4. The zero-order chi connectivity index (χ0) is 36.5. The molecule has 4 aromatic rings. The molecule has 0 radical (unpaired) electrons. The summed E-state index contributed by atoms with van der Waals surface area (Å²) in [4.78, 5) is 66.2. The van der Waals surface area contributed by atoms with Crippen molar-refractivity contribution in [3.63, 3.8) is 0 Å². The number of hydrogen-bond donors (Lipinski definition) is 2. The number of amides is 4. The molecule has 4 amide bonds. The summed E-state index contributed by atoms with van der Waals surface area (Å²) >= 11 is 3.00. The van der Waals surface area contributed by atoms with Crippen LogP contribution in [-0.4, -0.2) is 123 Å². The van der Waals surface area contributed by atoms with Crippen molar-refractivity contribution in [3.8, 4) is 0 Å². The Morgan fingerprint density at radius 1 is 0.596 bits per heavy atom. The Bertz CT molecular complexity index is 1850. The third kappa shape index (κ3) is 7.27. The second-order valence-electron chi connectivity index (χ2n) is 13.7. The maximum atomic E-state index is 13.3. The molecule has 2 fully saturated rings. The van der Waals surface area contributed by atoms with Crippen molar-refractivity contribution in [2.75, 3.05) is 100.0 Å². The molecule has 0 bridgehead atoms. The topological polar surface area (TPSA) is 112 Å². The minimum absolute atomic E-state index is 0.00116. The molecule has 2 N–H and O–H groups in total. The molecule has 0 atom stereocenters. The van der Waals surface area contributed by atoms with Crippen LogP contribution < -0.4 is 20.4 Å². The van der Waals surface area contributed by atoms with E-state index in [1.54, 1.807) is 9.80 Å². The average Bonchev–Trinajstić information content (AvgIpc) is 3.63. The maximum absolute atomic E-state index is 13.3. The van der Waals surface area contributed by atoms with E-state index in [9.17, 15) is 19.2 Å². The molecule has 0 aliphatic carbocycles. The lowest BCUT2D eigenvalue weighted by atomic mass is 10.2. The molecule has 4 aliphatic heterocycles. The minimum Gasteiger partial charge on any atom is -0.320 e. The van der Waals surface area contributed by atoms with Gasteiger partial charge in [0, 0.05) is 72.9 Å². The van der Waals surface area contributed by atoms with Gasteiger partial charge in [0.2, 0.25) is 11.8 Å². The fourth-order valence-electron chi connectivity index (χ4n) is 7.00. The van der Waals surface area contributed by atoms with Crippen LogP contribution in [-0.2, 0) is 9.59 Å². The highest BCUT2D eigenvalue weighted by Crippen LogP contribution is 2.43. The van der Waals surface area contributed by atoms with Crippen LogP contribution >= 0.6 is 22.7 Å². The van der Waals surface area contributed by atoms with E-state index in [4.69, 9.17) is 0 Å².